The van der Waals surface area contributed by atoms with Gasteiger partial charge in [-0.05, 0) is 43.4 Å². The minimum absolute atomic E-state index is 0.833. The van der Waals surface area contributed by atoms with Crippen LogP contribution in [0.5, 0.6) is 0 Å². The average Bonchev–Trinajstić information content (AvgIpc) is 2.82. The van der Waals surface area contributed by atoms with E-state index < -0.39 is 0 Å². The lowest BCUT2D eigenvalue weighted by Gasteiger charge is -2.34. The summed E-state index contributed by atoms with van der Waals surface area (Å²) in [6.45, 7) is 9.81. The molecule has 1 aromatic heterocycles. The fraction of sp³-hybridized carbons (Fsp3) is 0.522. The number of rotatable bonds is 9. The molecule has 2 heterocycles. The van der Waals surface area contributed by atoms with E-state index in [4.69, 9.17) is 4.99 Å². The van der Waals surface area contributed by atoms with E-state index in [9.17, 15) is 0 Å². The molecule has 0 amide bonds. The van der Waals surface area contributed by atoms with Crippen LogP contribution in [-0.4, -0.2) is 84.8 Å². The number of nitrogens with zero attached hydrogens (tertiary/aromatic N) is 6. The van der Waals surface area contributed by atoms with Gasteiger partial charge in [0.05, 0.1) is 0 Å². The second-order valence-corrected chi connectivity index (χ2v) is 8.55. The highest BCUT2D eigenvalue weighted by atomic mass is 32.2. The normalized spacial score (nSPS) is 15.2. The van der Waals surface area contributed by atoms with E-state index in [-0.39, 0.29) is 0 Å². The smallest absolute Gasteiger partial charge is 0.225 e. The highest BCUT2D eigenvalue weighted by Gasteiger charge is 2.18. The van der Waals surface area contributed by atoms with Gasteiger partial charge in [-0.1, -0.05) is 12.1 Å². The van der Waals surface area contributed by atoms with Crippen LogP contribution in [-0.2, 0) is 6.54 Å². The van der Waals surface area contributed by atoms with Gasteiger partial charge in [0.1, 0.15) is 0 Å². The third kappa shape index (κ3) is 7.40. The molecule has 1 saturated heterocycles. The van der Waals surface area contributed by atoms with Crippen molar-refractivity contribution in [1.82, 2.24) is 25.1 Å². The standard InChI is InChI=1S/C23H35N7S/c1-4-24-22(28(2)19-20-7-9-21(31-3)10-8-20)25-13-6-14-29-15-17-30(18-16-29)23-26-11-5-12-27-23/h5,7-12H,4,6,13-19H2,1-3H3,(H,24,25). The molecule has 7 nitrogen and oxygen atoms in total. The van der Waals surface area contributed by atoms with E-state index in [1.807, 2.05) is 18.5 Å². The van der Waals surface area contributed by atoms with Crippen LogP contribution in [0.25, 0.3) is 0 Å². The zero-order valence-electron chi connectivity index (χ0n) is 19.0. The molecule has 0 spiro atoms. The van der Waals surface area contributed by atoms with Gasteiger partial charge >= 0.3 is 0 Å². The maximum atomic E-state index is 4.86. The lowest BCUT2D eigenvalue weighted by molar-refractivity contribution is 0.255. The number of thioether (sulfide) groups is 1. The van der Waals surface area contributed by atoms with Crippen LogP contribution in [0.1, 0.15) is 18.9 Å². The van der Waals surface area contributed by atoms with Crippen molar-refractivity contribution >= 4 is 23.7 Å². The van der Waals surface area contributed by atoms with E-state index >= 15 is 0 Å². The summed E-state index contributed by atoms with van der Waals surface area (Å²) in [7, 11) is 2.11. The maximum absolute atomic E-state index is 4.86. The zero-order valence-corrected chi connectivity index (χ0v) is 19.8. The van der Waals surface area contributed by atoms with Crippen molar-refractivity contribution in [2.24, 2.45) is 4.99 Å². The molecule has 168 valence electrons. The summed E-state index contributed by atoms with van der Waals surface area (Å²) in [5.74, 6) is 1.82. The number of aliphatic imine (C=N–C) groups is 1. The number of hydrogen-bond donors (Lipinski definition) is 1. The van der Waals surface area contributed by atoms with Crippen LogP contribution in [0.4, 0.5) is 5.95 Å². The fourth-order valence-corrected chi connectivity index (χ4v) is 4.06. The van der Waals surface area contributed by atoms with E-state index in [2.05, 4.69) is 74.5 Å². The molecule has 31 heavy (non-hydrogen) atoms. The molecule has 1 N–H and O–H groups in total. The first-order valence-corrected chi connectivity index (χ1v) is 12.3. The molecule has 0 radical (unpaired) electrons. The third-order valence-corrected chi connectivity index (χ3v) is 6.12. The molecule has 0 saturated carbocycles. The van der Waals surface area contributed by atoms with Gasteiger partial charge in [0.2, 0.25) is 5.95 Å². The molecule has 3 rings (SSSR count). The first-order chi connectivity index (χ1) is 15.2. The Balaban J connectivity index is 1.42. The highest BCUT2D eigenvalue weighted by Crippen LogP contribution is 2.15. The number of anilines is 1. The second kappa shape index (κ2) is 12.5. The molecule has 1 aliphatic rings. The van der Waals surface area contributed by atoms with Gasteiger partial charge in [-0.2, -0.15) is 0 Å². The van der Waals surface area contributed by atoms with E-state index in [0.717, 1.165) is 70.7 Å². The van der Waals surface area contributed by atoms with Crippen molar-refractivity contribution in [1.29, 1.82) is 0 Å². The van der Waals surface area contributed by atoms with Gasteiger partial charge in [0.15, 0.2) is 5.96 Å². The molecule has 1 aromatic carbocycles. The molecule has 0 bridgehead atoms. The van der Waals surface area contributed by atoms with Crippen LogP contribution < -0.4 is 10.2 Å². The van der Waals surface area contributed by atoms with Crippen LogP contribution in [0, 0.1) is 0 Å². The number of aromatic nitrogens is 2. The van der Waals surface area contributed by atoms with Crippen LogP contribution in [0.15, 0.2) is 52.6 Å². The van der Waals surface area contributed by atoms with Crippen molar-refractivity contribution in [2.45, 2.75) is 24.8 Å². The van der Waals surface area contributed by atoms with Crippen molar-refractivity contribution in [3.8, 4) is 0 Å². The summed E-state index contributed by atoms with van der Waals surface area (Å²) >= 11 is 1.77. The van der Waals surface area contributed by atoms with Crippen molar-refractivity contribution in [2.75, 3.05) is 64.0 Å². The molecule has 8 heteroatoms. The first kappa shape index (κ1) is 23.3. The largest absolute Gasteiger partial charge is 0.357 e. The summed E-state index contributed by atoms with van der Waals surface area (Å²) in [6, 6.07) is 10.6. The van der Waals surface area contributed by atoms with Crippen LogP contribution >= 0.6 is 11.8 Å². The van der Waals surface area contributed by atoms with E-state index in [0.29, 0.717) is 0 Å². The molecular formula is C23H35N7S. The Labute approximate surface area is 191 Å². The third-order valence-electron chi connectivity index (χ3n) is 5.38. The maximum Gasteiger partial charge on any atom is 0.225 e. The SMILES string of the molecule is CCNC(=NCCCN1CCN(c2ncccn2)CC1)N(C)Cc1ccc(SC)cc1. The molecule has 0 aliphatic carbocycles. The van der Waals surface area contributed by atoms with Gasteiger partial charge in [-0.15, -0.1) is 11.8 Å². The predicted molar refractivity (Wildman–Crippen MR) is 131 cm³/mol. The van der Waals surface area contributed by atoms with Gasteiger partial charge in [-0.25, -0.2) is 9.97 Å². The van der Waals surface area contributed by atoms with Gasteiger partial charge in [0.25, 0.3) is 0 Å². The quantitative estimate of drug-likeness (QED) is 0.278. The summed E-state index contributed by atoms with van der Waals surface area (Å²) in [5.41, 5.74) is 1.30. The number of piperazine rings is 1. The molecule has 0 unspecified atom stereocenters. The van der Waals surface area contributed by atoms with Gasteiger partial charge < -0.3 is 15.1 Å². The Morgan fingerprint density at radius 1 is 1.13 bits per heavy atom. The summed E-state index contributed by atoms with van der Waals surface area (Å²) in [5, 5.41) is 3.43. The predicted octanol–water partition coefficient (Wildman–Crippen LogP) is 2.81. The van der Waals surface area contributed by atoms with Crippen molar-refractivity contribution < 1.29 is 0 Å². The lowest BCUT2D eigenvalue weighted by atomic mass is 10.2. The average molecular weight is 442 g/mol. The van der Waals surface area contributed by atoms with E-state index in [1.165, 1.54) is 10.5 Å². The molecule has 0 atom stereocenters. The van der Waals surface area contributed by atoms with Crippen molar-refractivity contribution in [3.05, 3.63) is 48.3 Å². The summed E-state index contributed by atoms with van der Waals surface area (Å²) in [6.07, 6.45) is 6.79. The molecule has 1 aliphatic heterocycles. The van der Waals surface area contributed by atoms with Crippen LogP contribution in [0.2, 0.25) is 0 Å². The lowest BCUT2D eigenvalue weighted by Crippen LogP contribution is -2.47. The number of hydrogen-bond acceptors (Lipinski definition) is 6. The molecule has 2 aromatic rings. The Morgan fingerprint density at radius 3 is 2.48 bits per heavy atom. The Morgan fingerprint density at radius 2 is 1.84 bits per heavy atom. The topological polar surface area (TPSA) is 59.9 Å². The van der Waals surface area contributed by atoms with Gasteiger partial charge in [0, 0.05) is 76.7 Å². The second-order valence-electron chi connectivity index (χ2n) is 7.67. The number of benzene rings is 1. The van der Waals surface area contributed by atoms with Crippen molar-refractivity contribution in [3.63, 3.8) is 0 Å². The number of nitrogens with one attached hydrogen (secondary N) is 1. The number of guanidine groups is 1. The summed E-state index contributed by atoms with van der Waals surface area (Å²) < 4.78 is 0. The van der Waals surface area contributed by atoms with Crippen LogP contribution in [0.3, 0.4) is 0 Å². The van der Waals surface area contributed by atoms with E-state index in [1.54, 1.807) is 11.8 Å². The fourth-order valence-electron chi connectivity index (χ4n) is 3.65. The Kier molecular flexibility index (Phi) is 9.42. The highest BCUT2D eigenvalue weighted by molar-refractivity contribution is 7.98. The first-order valence-electron chi connectivity index (χ1n) is 11.1. The Bertz CT molecular complexity index is 789. The summed E-state index contributed by atoms with van der Waals surface area (Å²) in [4.78, 5) is 21.9. The zero-order chi connectivity index (χ0) is 21.9. The minimum Gasteiger partial charge on any atom is -0.357 e. The van der Waals surface area contributed by atoms with Gasteiger partial charge in [-0.3, -0.25) is 9.89 Å². The minimum atomic E-state index is 0.833. The molecular weight excluding hydrogens is 406 g/mol. The molecule has 1 fully saturated rings. The monoisotopic (exact) mass is 441 g/mol. The Hall–Kier alpha value is -2.32.